The molecule has 0 saturated heterocycles. The SMILES string of the molecule is Cc1cc(C)c2cc(C(=O)Nc3ccc(CCN(C)C)cc3)[nH]c2c1. The maximum Gasteiger partial charge on any atom is 0.272 e. The van der Waals surface area contributed by atoms with Gasteiger partial charge in [0.05, 0.1) is 0 Å². The first kappa shape index (κ1) is 17.2. The van der Waals surface area contributed by atoms with Gasteiger partial charge in [-0.15, -0.1) is 0 Å². The highest BCUT2D eigenvalue weighted by atomic mass is 16.1. The summed E-state index contributed by atoms with van der Waals surface area (Å²) in [4.78, 5) is 17.9. The lowest BCUT2D eigenvalue weighted by atomic mass is 10.1. The Balaban J connectivity index is 1.73. The number of nitrogens with zero attached hydrogens (tertiary/aromatic N) is 1. The average Bonchev–Trinajstić information content (AvgIpc) is 2.98. The van der Waals surface area contributed by atoms with E-state index in [9.17, 15) is 4.79 Å². The molecular weight excluding hydrogens is 310 g/mol. The van der Waals surface area contributed by atoms with Gasteiger partial charge in [-0.25, -0.2) is 0 Å². The molecule has 3 rings (SSSR count). The van der Waals surface area contributed by atoms with E-state index in [1.54, 1.807) is 0 Å². The van der Waals surface area contributed by atoms with Gasteiger partial charge in [0.25, 0.3) is 5.91 Å². The summed E-state index contributed by atoms with van der Waals surface area (Å²) in [5.41, 5.74) is 6.03. The molecule has 1 amide bonds. The second-order valence-electron chi connectivity index (χ2n) is 6.93. The molecule has 0 radical (unpaired) electrons. The van der Waals surface area contributed by atoms with E-state index in [1.807, 2.05) is 18.2 Å². The van der Waals surface area contributed by atoms with Crippen molar-refractivity contribution < 1.29 is 4.79 Å². The Morgan fingerprint density at radius 3 is 2.48 bits per heavy atom. The van der Waals surface area contributed by atoms with Crippen molar-refractivity contribution in [2.24, 2.45) is 0 Å². The van der Waals surface area contributed by atoms with Gasteiger partial charge in [-0.2, -0.15) is 0 Å². The summed E-state index contributed by atoms with van der Waals surface area (Å²) < 4.78 is 0. The Morgan fingerprint density at radius 2 is 1.80 bits per heavy atom. The first-order valence-electron chi connectivity index (χ1n) is 8.57. The van der Waals surface area contributed by atoms with E-state index in [1.165, 1.54) is 16.7 Å². The van der Waals surface area contributed by atoms with Gasteiger partial charge in [-0.05, 0) is 75.3 Å². The number of rotatable bonds is 5. The van der Waals surface area contributed by atoms with E-state index >= 15 is 0 Å². The molecule has 1 aromatic heterocycles. The summed E-state index contributed by atoms with van der Waals surface area (Å²) in [7, 11) is 4.14. The Kier molecular flexibility index (Phi) is 4.91. The summed E-state index contributed by atoms with van der Waals surface area (Å²) in [6, 6.07) is 14.2. The fourth-order valence-electron chi connectivity index (χ4n) is 3.03. The Labute approximate surface area is 148 Å². The van der Waals surface area contributed by atoms with Crippen molar-refractivity contribution in [2.45, 2.75) is 20.3 Å². The maximum atomic E-state index is 12.5. The Morgan fingerprint density at radius 1 is 1.08 bits per heavy atom. The largest absolute Gasteiger partial charge is 0.351 e. The lowest BCUT2D eigenvalue weighted by Crippen LogP contribution is -2.15. The molecule has 0 aliphatic rings. The lowest BCUT2D eigenvalue weighted by molar-refractivity contribution is 0.102. The molecule has 0 bridgehead atoms. The molecule has 0 spiro atoms. The molecule has 0 aliphatic heterocycles. The summed E-state index contributed by atoms with van der Waals surface area (Å²) >= 11 is 0. The molecule has 0 fully saturated rings. The van der Waals surface area contributed by atoms with Crippen molar-refractivity contribution in [1.82, 2.24) is 9.88 Å². The molecule has 1 heterocycles. The Hall–Kier alpha value is -2.59. The van der Waals surface area contributed by atoms with E-state index in [0.717, 1.165) is 29.6 Å². The third-order valence-corrected chi connectivity index (χ3v) is 4.39. The van der Waals surface area contributed by atoms with Crippen molar-refractivity contribution >= 4 is 22.5 Å². The van der Waals surface area contributed by atoms with Crippen molar-refractivity contribution in [2.75, 3.05) is 26.0 Å². The van der Waals surface area contributed by atoms with Gasteiger partial charge in [0.2, 0.25) is 0 Å². The van der Waals surface area contributed by atoms with Gasteiger partial charge in [-0.1, -0.05) is 18.2 Å². The van der Waals surface area contributed by atoms with Crippen molar-refractivity contribution in [3.8, 4) is 0 Å². The fraction of sp³-hybridized carbons (Fsp3) is 0.286. The smallest absolute Gasteiger partial charge is 0.272 e. The monoisotopic (exact) mass is 335 g/mol. The molecule has 0 aliphatic carbocycles. The highest BCUT2D eigenvalue weighted by Gasteiger charge is 2.11. The molecule has 2 N–H and O–H groups in total. The number of likely N-dealkylation sites (N-methyl/N-ethyl adjacent to an activating group) is 1. The second-order valence-corrected chi connectivity index (χ2v) is 6.93. The van der Waals surface area contributed by atoms with Crippen molar-refractivity contribution in [3.05, 3.63) is 64.8 Å². The van der Waals surface area contributed by atoms with Gasteiger partial charge in [0.1, 0.15) is 5.69 Å². The fourth-order valence-corrected chi connectivity index (χ4v) is 3.03. The molecule has 0 atom stereocenters. The van der Waals surface area contributed by atoms with Crippen LogP contribution < -0.4 is 5.32 Å². The zero-order chi connectivity index (χ0) is 18.0. The van der Waals surface area contributed by atoms with Gasteiger partial charge >= 0.3 is 0 Å². The van der Waals surface area contributed by atoms with E-state index in [4.69, 9.17) is 0 Å². The summed E-state index contributed by atoms with van der Waals surface area (Å²) in [6.07, 6.45) is 1.00. The predicted molar refractivity (Wildman–Crippen MR) is 104 cm³/mol. The number of aryl methyl sites for hydroxylation is 2. The van der Waals surface area contributed by atoms with E-state index in [0.29, 0.717) is 5.69 Å². The molecule has 4 heteroatoms. The zero-order valence-electron chi connectivity index (χ0n) is 15.3. The normalized spacial score (nSPS) is 11.2. The third-order valence-electron chi connectivity index (χ3n) is 4.39. The second kappa shape index (κ2) is 7.11. The molecule has 3 aromatic rings. The van der Waals surface area contributed by atoms with Crippen LogP contribution in [0.1, 0.15) is 27.2 Å². The number of fused-ring (bicyclic) bond motifs is 1. The van der Waals surface area contributed by atoms with Crippen LogP contribution in [0.25, 0.3) is 10.9 Å². The maximum absolute atomic E-state index is 12.5. The number of hydrogen-bond acceptors (Lipinski definition) is 2. The first-order valence-corrected chi connectivity index (χ1v) is 8.57. The first-order chi connectivity index (χ1) is 11.9. The number of benzene rings is 2. The molecule has 0 unspecified atom stereocenters. The van der Waals surface area contributed by atoms with Crippen LogP contribution in [0, 0.1) is 13.8 Å². The number of carbonyl (C=O) groups excluding carboxylic acids is 1. The number of hydrogen-bond donors (Lipinski definition) is 2. The third kappa shape index (κ3) is 4.09. The number of aromatic nitrogens is 1. The van der Waals surface area contributed by atoms with E-state index < -0.39 is 0 Å². The zero-order valence-corrected chi connectivity index (χ0v) is 15.3. The van der Waals surface area contributed by atoms with Gasteiger partial charge < -0.3 is 15.2 Å². The number of carbonyl (C=O) groups is 1. The quantitative estimate of drug-likeness (QED) is 0.736. The standard InChI is InChI=1S/C21H25N3O/c1-14-11-15(2)18-13-20(23-19(18)12-14)21(25)22-17-7-5-16(6-8-17)9-10-24(3)4/h5-8,11-13,23H,9-10H2,1-4H3,(H,22,25). The van der Waals surface area contributed by atoms with Crippen LogP contribution in [0.3, 0.4) is 0 Å². The summed E-state index contributed by atoms with van der Waals surface area (Å²) in [5, 5.41) is 4.06. The highest BCUT2D eigenvalue weighted by Crippen LogP contribution is 2.22. The van der Waals surface area contributed by atoms with E-state index in [2.05, 4.69) is 67.4 Å². The van der Waals surface area contributed by atoms with E-state index in [-0.39, 0.29) is 5.91 Å². The Bertz CT molecular complexity index is 891. The van der Waals surface area contributed by atoms with Gasteiger partial charge in [0.15, 0.2) is 0 Å². The number of H-pyrrole nitrogens is 1. The van der Waals surface area contributed by atoms with Gasteiger partial charge in [0, 0.05) is 23.1 Å². The molecule has 2 aromatic carbocycles. The minimum atomic E-state index is -0.116. The topological polar surface area (TPSA) is 48.1 Å². The minimum Gasteiger partial charge on any atom is -0.351 e. The van der Waals surface area contributed by atoms with Crippen LogP contribution in [0.4, 0.5) is 5.69 Å². The molecule has 25 heavy (non-hydrogen) atoms. The molecule has 0 saturated carbocycles. The number of anilines is 1. The average molecular weight is 335 g/mol. The minimum absolute atomic E-state index is 0.116. The van der Waals surface area contributed by atoms with Crippen LogP contribution in [0.15, 0.2) is 42.5 Å². The molecule has 130 valence electrons. The number of amides is 1. The van der Waals surface area contributed by atoms with Crippen LogP contribution in [-0.2, 0) is 6.42 Å². The summed E-state index contributed by atoms with van der Waals surface area (Å²) in [5.74, 6) is -0.116. The van der Waals surface area contributed by atoms with Crippen LogP contribution >= 0.6 is 0 Å². The van der Waals surface area contributed by atoms with Gasteiger partial charge in [-0.3, -0.25) is 4.79 Å². The van der Waals surface area contributed by atoms with Crippen molar-refractivity contribution in [1.29, 1.82) is 0 Å². The lowest BCUT2D eigenvalue weighted by Gasteiger charge is -2.10. The molecular formula is C21H25N3O. The van der Waals surface area contributed by atoms with Crippen LogP contribution in [0.5, 0.6) is 0 Å². The van der Waals surface area contributed by atoms with Crippen molar-refractivity contribution in [3.63, 3.8) is 0 Å². The number of nitrogens with one attached hydrogen (secondary N) is 2. The number of aromatic amines is 1. The van der Waals surface area contributed by atoms with Crippen LogP contribution in [0.2, 0.25) is 0 Å². The predicted octanol–water partition coefficient (Wildman–Crippen LogP) is 4.14. The highest BCUT2D eigenvalue weighted by molar-refractivity contribution is 6.06. The summed E-state index contributed by atoms with van der Waals surface area (Å²) in [6.45, 7) is 5.14. The van der Waals surface area contributed by atoms with Crippen LogP contribution in [-0.4, -0.2) is 36.4 Å². The molecule has 4 nitrogen and oxygen atoms in total.